The Kier molecular flexibility index (Phi) is 9.24. The minimum absolute atomic E-state index is 0.0442. The monoisotopic (exact) mass is 432 g/mol. The highest BCUT2D eigenvalue weighted by Gasteiger charge is 2.25. The van der Waals surface area contributed by atoms with E-state index in [2.05, 4.69) is 12.2 Å². The van der Waals surface area contributed by atoms with Crippen LogP contribution in [0, 0.1) is 0 Å². The number of hydrogen-bond acceptors (Lipinski definition) is 2. The smallest absolute Gasteiger partial charge is 0.322 e. The largest absolute Gasteiger partial charge is 0.353 e. The summed E-state index contributed by atoms with van der Waals surface area (Å²) in [7, 11) is 1.98. The van der Waals surface area contributed by atoms with Crippen molar-refractivity contribution in [3.05, 3.63) is 53.3 Å². The van der Waals surface area contributed by atoms with Crippen LogP contribution in [0.1, 0.15) is 45.7 Å². The van der Waals surface area contributed by atoms with Crippen LogP contribution >= 0.6 is 11.6 Å². The van der Waals surface area contributed by atoms with Crippen LogP contribution in [0.5, 0.6) is 0 Å². The third-order valence-electron chi connectivity index (χ3n) is 5.32. The number of unbranched alkanes of at least 4 members (excludes halogenated alkanes) is 1. The predicted octanol–water partition coefficient (Wildman–Crippen LogP) is 5.14. The number of aromatic nitrogens is 1. The molecule has 164 valence electrons. The fourth-order valence-corrected chi connectivity index (χ4v) is 3.25. The van der Waals surface area contributed by atoms with Crippen molar-refractivity contribution in [2.75, 3.05) is 18.4 Å². The van der Waals surface area contributed by atoms with Gasteiger partial charge in [-0.05, 0) is 56.2 Å². The topological polar surface area (TPSA) is 57.6 Å². The fourth-order valence-electron chi connectivity index (χ4n) is 3.12. The molecule has 1 aromatic carbocycles. The van der Waals surface area contributed by atoms with Crippen molar-refractivity contribution >= 4 is 29.2 Å². The lowest BCUT2D eigenvalue weighted by Gasteiger charge is -2.31. The molecule has 2 aromatic rings. The average molecular weight is 433 g/mol. The highest BCUT2D eigenvalue weighted by molar-refractivity contribution is 6.30. The number of carbonyl (C=O) groups is 2. The van der Waals surface area contributed by atoms with E-state index in [1.165, 1.54) is 0 Å². The standard InChI is InChI=1S/C23H33ClN4O2/c1-5-7-15-27(16-21-9-8-14-26(21)4)22(29)17-28(18(3)6-2)23(30)25-20-12-10-19(24)11-13-20/h8-14,18H,5-7,15-17H2,1-4H3,(H,25,30). The number of carbonyl (C=O) groups excluding carboxylic acids is 2. The summed E-state index contributed by atoms with van der Waals surface area (Å²) < 4.78 is 2.02. The van der Waals surface area contributed by atoms with Gasteiger partial charge in [0.15, 0.2) is 0 Å². The van der Waals surface area contributed by atoms with Crippen LogP contribution < -0.4 is 5.32 Å². The van der Waals surface area contributed by atoms with Gasteiger partial charge in [-0.15, -0.1) is 0 Å². The van der Waals surface area contributed by atoms with Gasteiger partial charge in [0.1, 0.15) is 6.54 Å². The molecule has 0 saturated heterocycles. The quantitative estimate of drug-likeness (QED) is 0.565. The molecule has 2 rings (SSSR count). The zero-order valence-electron chi connectivity index (χ0n) is 18.4. The molecule has 1 heterocycles. The third kappa shape index (κ3) is 6.80. The Morgan fingerprint density at radius 2 is 1.87 bits per heavy atom. The van der Waals surface area contributed by atoms with Crippen LogP contribution in [0.2, 0.25) is 5.02 Å². The van der Waals surface area contributed by atoms with Gasteiger partial charge in [0.2, 0.25) is 5.91 Å². The minimum Gasteiger partial charge on any atom is -0.353 e. The molecular weight excluding hydrogens is 400 g/mol. The number of rotatable bonds is 10. The number of amides is 3. The van der Waals surface area contributed by atoms with Gasteiger partial charge in [-0.25, -0.2) is 4.79 Å². The van der Waals surface area contributed by atoms with E-state index < -0.39 is 0 Å². The molecule has 0 radical (unpaired) electrons. The number of anilines is 1. The molecule has 0 bridgehead atoms. The van der Waals surface area contributed by atoms with Crippen molar-refractivity contribution in [1.29, 1.82) is 0 Å². The van der Waals surface area contributed by atoms with Gasteiger partial charge in [-0.2, -0.15) is 0 Å². The van der Waals surface area contributed by atoms with Crippen molar-refractivity contribution < 1.29 is 9.59 Å². The van der Waals surface area contributed by atoms with Gasteiger partial charge < -0.3 is 19.7 Å². The number of benzene rings is 1. The maximum atomic E-state index is 13.2. The molecule has 0 saturated carbocycles. The lowest BCUT2D eigenvalue weighted by Crippen LogP contribution is -2.48. The van der Waals surface area contributed by atoms with E-state index >= 15 is 0 Å². The first kappa shape index (κ1) is 23.8. The first-order chi connectivity index (χ1) is 14.3. The number of hydrogen-bond donors (Lipinski definition) is 1. The van der Waals surface area contributed by atoms with Crippen molar-refractivity contribution in [2.45, 2.75) is 52.6 Å². The summed E-state index contributed by atoms with van der Waals surface area (Å²) in [5, 5.41) is 3.49. The second-order valence-electron chi connectivity index (χ2n) is 7.60. The van der Waals surface area contributed by atoms with Crippen LogP contribution in [-0.4, -0.2) is 45.4 Å². The zero-order valence-corrected chi connectivity index (χ0v) is 19.2. The number of aryl methyl sites for hydroxylation is 1. The maximum Gasteiger partial charge on any atom is 0.322 e. The van der Waals surface area contributed by atoms with Crippen LogP contribution in [0.3, 0.4) is 0 Å². The van der Waals surface area contributed by atoms with Gasteiger partial charge in [0.05, 0.1) is 6.54 Å². The second kappa shape index (κ2) is 11.6. The number of nitrogens with one attached hydrogen (secondary N) is 1. The molecule has 1 aromatic heterocycles. The molecule has 3 amide bonds. The first-order valence-electron chi connectivity index (χ1n) is 10.6. The molecular formula is C23H33ClN4O2. The summed E-state index contributed by atoms with van der Waals surface area (Å²) in [5.74, 6) is -0.0452. The van der Waals surface area contributed by atoms with Crippen molar-refractivity contribution in [3.63, 3.8) is 0 Å². The highest BCUT2D eigenvalue weighted by Crippen LogP contribution is 2.16. The van der Waals surface area contributed by atoms with Crippen LogP contribution in [0.4, 0.5) is 10.5 Å². The number of nitrogens with zero attached hydrogens (tertiary/aromatic N) is 3. The second-order valence-corrected chi connectivity index (χ2v) is 8.04. The molecule has 0 aliphatic carbocycles. The lowest BCUT2D eigenvalue weighted by molar-refractivity contribution is -0.133. The van der Waals surface area contributed by atoms with E-state index in [9.17, 15) is 9.59 Å². The Morgan fingerprint density at radius 1 is 1.17 bits per heavy atom. The Labute approximate surface area is 184 Å². The van der Waals surface area contributed by atoms with Crippen molar-refractivity contribution in [1.82, 2.24) is 14.4 Å². The van der Waals surface area contributed by atoms with E-state index in [1.54, 1.807) is 29.2 Å². The summed E-state index contributed by atoms with van der Waals surface area (Å²) in [4.78, 5) is 29.6. The summed E-state index contributed by atoms with van der Waals surface area (Å²) in [6, 6.07) is 10.6. The summed E-state index contributed by atoms with van der Waals surface area (Å²) in [5.41, 5.74) is 1.72. The summed E-state index contributed by atoms with van der Waals surface area (Å²) >= 11 is 5.92. The van der Waals surface area contributed by atoms with Crippen LogP contribution in [0.25, 0.3) is 0 Å². The summed E-state index contributed by atoms with van der Waals surface area (Å²) in [6.07, 6.45) is 4.66. The Hall–Kier alpha value is -2.47. The third-order valence-corrected chi connectivity index (χ3v) is 5.58. The Bertz CT molecular complexity index is 819. The molecule has 0 aliphatic rings. The van der Waals surface area contributed by atoms with Gasteiger partial charge in [-0.1, -0.05) is 31.9 Å². The molecule has 0 fully saturated rings. The lowest BCUT2D eigenvalue weighted by atomic mass is 10.2. The van der Waals surface area contributed by atoms with Crippen molar-refractivity contribution in [3.8, 4) is 0 Å². The normalized spacial score (nSPS) is 11.8. The fraction of sp³-hybridized carbons (Fsp3) is 0.478. The summed E-state index contributed by atoms with van der Waals surface area (Å²) in [6.45, 7) is 7.33. The van der Waals surface area contributed by atoms with E-state index in [0.717, 1.165) is 25.0 Å². The number of urea groups is 1. The van der Waals surface area contributed by atoms with Crippen molar-refractivity contribution in [2.24, 2.45) is 7.05 Å². The predicted molar refractivity (Wildman–Crippen MR) is 123 cm³/mol. The molecule has 30 heavy (non-hydrogen) atoms. The van der Waals surface area contributed by atoms with E-state index in [-0.39, 0.29) is 24.5 Å². The molecule has 6 nitrogen and oxygen atoms in total. The van der Waals surface area contributed by atoms with E-state index in [0.29, 0.717) is 23.8 Å². The number of halogens is 1. The molecule has 7 heteroatoms. The van der Waals surface area contributed by atoms with Gasteiger partial charge in [-0.3, -0.25) is 4.79 Å². The van der Waals surface area contributed by atoms with Gasteiger partial charge >= 0.3 is 6.03 Å². The maximum absolute atomic E-state index is 13.2. The van der Waals surface area contributed by atoms with Crippen LogP contribution in [0.15, 0.2) is 42.6 Å². The minimum atomic E-state index is -0.283. The van der Waals surface area contributed by atoms with Gasteiger partial charge in [0, 0.05) is 42.2 Å². The van der Waals surface area contributed by atoms with Gasteiger partial charge in [0.25, 0.3) is 0 Å². The average Bonchev–Trinajstić information content (AvgIpc) is 3.14. The van der Waals surface area contributed by atoms with E-state index in [4.69, 9.17) is 11.6 Å². The molecule has 0 aliphatic heterocycles. The molecule has 0 spiro atoms. The first-order valence-corrected chi connectivity index (χ1v) is 10.9. The van der Waals surface area contributed by atoms with E-state index in [1.807, 2.05) is 48.7 Å². The zero-order chi connectivity index (χ0) is 22.1. The Morgan fingerprint density at radius 3 is 2.43 bits per heavy atom. The highest BCUT2D eigenvalue weighted by atomic mass is 35.5. The SMILES string of the molecule is CCCCN(Cc1cccn1C)C(=O)CN(C(=O)Nc1ccc(Cl)cc1)C(C)CC. The Balaban J connectivity index is 2.12. The molecule has 1 N–H and O–H groups in total. The molecule has 1 unspecified atom stereocenters. The van der Waals surface area contributed by atoms with Crippen LogP contribution in [-0.2, 0) is 18.4 Å². The molecule has 1 atom stereocenters.